The van der Waals surface area contributed by atoms with Crippen LogP contribution in [0, 0.1) is 12.7 Å². The Kier molecular flexibility index (Phi) is 4.04. The van der Waals surface area contributed by atoms with Crippen molar-refractivity contribution >= 4 is 16.9 Å². The molecule has 0 unspecified atom stereocenters. The maximum absolute atomic E-state index is 14.7. The number of hydrogen-bond acceptors (Lipinski definition) is 6. The molecule has 0 spiro atoms. The third-order valence-electron chi connectivity index (χ3n) is 7.26. The summed E-state index contributed by atoms with van der Waals surface area (Å²) in [5.41, 5.74) is 9.32. The maximum Gasteiger partial charge on any atom is 0.347 e. The molecular formula is C25H22FN3O4. The molecule has 0 fully saturated rings. The monoisotopic (exact) mass is 447 g/mol. The highest BCUT2D eigenvalue weighted by atomic mass is 19.1. The van der Waals surface area contributed by atoms with Gasteiger partial charge in [0.15, 0.2) is 0 Å². The van der Waals surface area contributed by atoms with Crippen molar-refractivity contribution in [1.82, 2.24) is 9.55 Å². The van der Waals surface area contributed by atoms with Crippen LogP contribution in [0.25, 0.3) is 22.3 Å². The van der Waals surface area contributed by atoms with Crippen LogP contribution in [-0.4, -0.2) is 20.6 Å². The molecule has 0 bridgehead atoms. The molecule has 2 aliphatic heterocycles. The molecule has 0 radical (unpaired) electrons. The van der Waals surface area contributed by atoms with Gasteiger partial charge in [-0.25, -0.2) is 14.2 Å². The quantitative estimate of drug-likeness (QED) is 0.343. The largest absolute Gasteiger partial charge is 0.458 e. The van der Waals surface area contributed by atoms with Crippen molar-refractivity contribution < 1.29 is 19.0 Å². The Hall–Kier alpha value is -3.36. The van der Waals surface area contributed by atoms with Crippen LogP contribution >= 0.6 is 0 Å². The number of esters is 1. The number of aromatic nitrogens is 2. The third-order valence-corrected chi connectivity index (χ3v) is 7.26. The summed E-state index contributed by atoms with van der Waals surface area (Å²) >= 11 is 0. The third kappa shape index (κ3) is 2.47. The van der Waals surface area contributed by atoms with Gasteiger partial charge in [0.25, 0.3) is 5.56 Å². The van der Waals surface area contributed by atoms with E-state index in [1.54, 1.807) is 24.5 Å². The lowest BCUT2D eigenvalue weighted by Crippen LogP contribution is -2.43. The van der Waals surface area contributed by atoms with Crippen LogP contribution in [-0.2, 0) is 34.7 Å². The number of aliphatic hydroxyl groups is 1. The minimum Gasteiger partial charge on any atom is -0.458 e. The molecule has 2 aromatic heterocycles. The van der Waals surface area contributed by atoms with Crippen LogP contribution in [0.3, 0.4) is 0 Å². The number of hydrogen-bond donors (Lipinski definition) is 2. The normalized spacial score (nSPS) is 22.9. The summed E-state index contributed by atoms with van der Waals surface area (Å²) in [5, 5.41) is 12.0. The number of cyclic esters (lactones) is 1. The first-order chi connectivity index (χ1) is 15.8. The summed E-state index contributed by atoms with van der Waals surface area (Å²) in [6.07, 6.45) is 4.20. The Morgan fingerprint density at radius 3 is 2.85 bits per heavy atom. The van der Waals surface area contributed by atoms with Gasteiger partial charge in [0.2, 0.25) is 5.60 Å². The van der Waals surface area contributed by atoms with Crippen LogP contribution in [0.15, 0.2) is 29.1 Å². The highest BCUT2D eigenvalue weighted by molar-refractivity contribution is 5.93. The van der Waals surface area contributed by atoms with Crippen LogP contribution < -0.4 is 11.3 Å². The Labute approximate surface area is 188 Å². The fourth-order valence-corrected chi connectivity index (χ4v) is 5.62. The van der Waals surface area contributed by atoms with Crippen molar-refractivity contribution in [2.24, 2.45) is 5.73 Å². The lowest BCUT2D eigenvalue weighted by Gasteiger charge is -2.30. The molecule has 33 heavy (non-hydrogen) atoms. The van der Waals surface area contributed by atoms with Gasteiger partial charge in [-0.2, -0.15) is 0 Å². The number of halogens is 1. The average Bonchev–Trinajstić information content (AvgIpc) is 3.15. The summed E-state index contributed by atoms with van der Waals surface area (Å²) < 4.78 is 21.4. The van der Waals surface area contributed by atoms with Gasteiger partial charge >= 0.3 is 5.97 Å². The van der Waals surface area contributed by atoms with E-state index in [-0.39, 0.29) is 41.7 Å². The van der Waals surface area contributed by atoms with Gasteiger partial charge in [-0.05, 0) is 55.5 Å². The van der Waals surface area contributed by atoms with Gasteiger partial charge in [-0.1, -0.05) is 6.08 Å². The van der Waals surface area contributed by atoms with E-state index in [0.717, 1.165) is 22.1 Å². The molecule has 1 aliphatic carbocycles. The standard InChI is InChI=1S/C25H22FN3O4/c1-3-6-25(32)15-7-19-22-13(9-29(19)23(30)14(15)10-33-24(25)31)20-17(27)5-4-12-11(2)16(26)8-18(28-22)21(12)20/h3,6-8,17,32H,4-5,9-10,27H2,1-2H3/b6-3+/t17-,25-/m0/s1. The van der Waals surface area contributed by atoms with E-state index < -0.39 is 11.6 Å². The number of ether oxygens (including phenoxy) is 1. The molecule has 3 N–H and O–H groups in total. The molecule has 1 aromatic carbocycles. The maximum atomic E-state index is 14.7. The molecule has 4 heterocycles. The smallest absolute Gasteiger partial charge is 0.347 e. The van der Waals surface area contributed by atoms with Crippen molar-refractivity contribution in [1.29, 1.82) is 0 Å². The topological polar surface area (TPSA) is 107 Å². The van der Waals surface area contributed by atoms with E-state index >= 15 is 0 Å². The molecule has 168 valence electrons. The van der Waals surface area contributed by atoms with Gasteiger partial charge in [0.05, 0.1) is 29.0 Å². The number of aryl methyl sites for hydroxylation is 1. The van der Waals surface area contributed by atoms with Crippen molar-refractivity contribution in [3.05, 3.63) is 73.8 Å². The zero-order valence-electron chi connectivity index (χ0n) is 18.2. The predicted octanol–water partition coefficient (Wildman–Crippen LogP) is 2.64. The molecule has 3 aromatic rings. The van der Waals surface area contributed by atoms with Crippen molar-refractivity contribution in [2.45, 2.75) is 51.5 Å². The Morgan fingerprint density at radius 1 is 1.30 bits per heavy atom. The number of rotatable bonds is 1. The fourth-order valence-electron chi connectivity index (χ4n) is 5.62. The number of nitrogens with zero attached hydrogens (tertiary/aromatic N) is 2. The number of fused-ring (bicyclic) bond motifs is 5. The highest BCUT2D eigenvalue weighted by Gasteiger charge is 2.45. The first-order valence-corrected chi connectivity index (χ1v) is 11.0. The molecule has 8 heteroatoms. The van der Waals surface area contributed by atoms with Gasteiger partial charge in [0.1, 0.15) is 12.4 Å². The SMILES string of the molecule is C/C=C/[C@@]1(O)C(=O)OCc2c1cc1n(c2=O)Cc2c-1nc1cc(F)c(C)c3c1c2[C@@H](N)CC3. The average molecular weight is 447 g/mol. The Morgan fingerprint density at radius 2 is 2.09 bits per heavy atom. The molecule has 7 nitrogen and oxygen atoms in total. The Balaban J connectivity index is 1.70. The van der Waals surface area contributed by atoms with Crippen LogP contribution in [0.2, 0.25) is 0 Å². The molecule has 0 saturated heterocycles. The second-order valence-electron chi connectivity index (χ2n) is 9.01. The minimum absolute atomic E-state index is 0.191. The van der Waals surface area contributed by atoms with Crippen LogP contribution in [0.5, 0.6) is 0 Å². The highest BCUT2D eigenvalue weighted by Crippen LogP contribution is 2.45. The van der Waals surface area contributed by atoms with Gasteiger partial charge < -0.3 is 20.1 Å². The number of nitrogens with two attached hydrogens (primary N) is 1. The van der Waals surface area contributed by atoms with E-state index in [0.29, 0.717) is 35.3 Å². The van der Waals surface area contributed by atoms with E-state index in [9.17, 15) is 19.1 Å². The number of carbonyl (C=O) groups is 1. The van der Waals surface area contributed by atoms with Gasteiger partial charge in [-0.15, -0.1) is 0 Å². The second kappa shape index (κ2) is 6.59. The van der Waals surface area contributed by atoms with E-state index in [1.807, 2.05) is 0 Å². The van der Waals surface area contributed by atoms with Gasteiger partial charge in [-0.3, -0.25) is 4.79 Å². The lowest BCUT2D eigenvalue weighted by atomic mass is 9.82. The van der Waals surface area contributed by atoms with E-state index in [1.165, 1.54) is 18.2 Å². The van der Waals surface area contributed by atoms with E-state index in [2.05, 4.69) is 0 Å². The van der Waals surface area contributed by atoms with Crippen LogP contribution in [0.4, 0.5) is 4.39 Å². The molecule has 3 aliphatic rings. The second-order valence-corrected chi connectivity index (χ2v) is 9.01. The molecule has 0 saturated carbocycles. The number of benzene rings is 1. The fraction of sp³-hybridized carbons (Fsp3) is 0.320. The molecule has 2 atom stereocenters. The molecule has 0 amide bonds. The van der Waals surface area contributed by atoms with Crippen molar-refractivity contribution in [3.8, 4) is 11.4 Å². The molecular weight excluding hydrogens is 425 g/mol. The Bertz CT molecular complexity index is 1510. The summed E-state index contributed by atoms with van der Waals surface area (Å²) in [7, 11) is 0. The number of pyridine rings is 2. The first kappa shape index (κ1) is 20.3. The van der Waals surface area contributed by atoms with Crippen LogP contribution in [0.1, 0.15) is 52.8 Å². The lowest BCUT2D eigenvalue weighted by molar-refractivity contribution is -0.166. The van der Waals surface area contributed by atoms with E-state index in [4.69, 9.17) is 15.5 Å². The van der Waals surface area contributed by atoms with Gasteiger partial charge in [0, 0.05) is 28.6 Å². The summed E-state index contributed by atoms with van der Waals surface area (Å²) in [6.45, 7) is 3.50. The first-order valence-electron chi connectivity index (χ1n) is 11.0. The van der Waals surface area contributed by atoms with Crippen molar-refractivity contribution in [3.63, 3.8) is 0 Å². The number of carbonyl (C=O) groups excluding carboxylic acids is 1. The zero-order valence-corrected chi connectivity index (χ0v) is 18.2. The number of allylic oxidation sites excluding steroid dienone is 1. The predicted molar refractivity (Wildman–Crippen MR) is 119 cm³/mol. The van der Waals surface area contributed by atoms with Crippen molar-refractivity contribution in [2.75, 3.05) is 0 Å². The minimum atomic E-state index is -2.06. The summed E-state index contributed by atoms with van der Waals surface area (Å²) in [6, 6.07) is 2.79. The summed E-state index contributed by atoms with van der Waals surface area (Å²) in [5.74, 6) is -1.15. The summed E-state index contributed by atoms with van der Waals surface area (Å²) in [4.78, 5) is 30.7. The molecule has 6 rings (SSSR count). The zero-order chi connectivity index (χ0) is 23.2.